The summed E-state index contributed by atoms with van der Waals surface area (Å²) in [5.74, 6) is 0.804. The minimum Gasteiger partial charge on any atom is -0.378 e. The number of anilines is 1. The summed E-state index contributed by atoms with van der Waals surface area (Å²) in [5.41, 5.74) is 3.66. The van der Waals surface area contributed by atoms with Gasteiger partial charge in [-0.2, -0.15) is 5.10 Å². The second kappa shape index (κ2) is 5.59. The molecule has 0 amide bonds. The lowest BCUT2D eigenvalue weighted by atomic mass is 10.3. The van der Waals surface area contributed by atoms with Gasteiger partial charge in [-0.15, -0.1) is 0 Å². The molecule has 0 unspecified atom stereocenters. The van der Waals surface area contributed by atoms with Gasteiger partial charge in [0.15, 0.2) is 0 Å². The third-order valence-electron chi connectivity index (χ3n) is 2.50. The second-order valence-electron chi connectivity index (χ2n) is 4.12. The summed E-state index contributed by atoms with van der Waals surface area (Å²) in [4.78, 5) is 8.65. The molecule has 18 heavy (non-hydrogen) atoms. The van der Waals surface area contributed by atoms with E-state index in [9.17, 15) is 0 Å². The lowest BCUT2D eigenvalue weighted by Crippen LogP contribution is -2.05. The number of hydrogen-bond acceptors (Lipinski definition) is 5. The number of hydrogen-bond donors (Lipinski definition) is 2. The molecule has 6 nitrogen and oxygen atoms in total. The minimum absolute atomic E-state index is 0.514. The first-order valence-corrected chi connectivity index (χ1v) is 5.75. The van der Waals surface area contributed by atoms with Crippen LogP contribution in [-0.2, 0) is 17.9 Å². The Morgan fingerprint density at radius 1 is 1.39 bits per heavy atom. The molecule has 2 N–H and O–H groups in total. The van der Waals surface area contributed by atoms with Gasteiger partial charge in [0.2, 0.25) is 0 Å². The fraction of sp³-hybridized carbons (Fsp3) is 0.417. The Bertz CT molecular complexity index is 523. The van der Waals surface area contributed by atoms with E-state index < -0.39 is 0 Å². The van der Waals surface area contributed by atoms with Crippen molar-refractivity contribution in [2.45, 2.75) is 27.0 Å². The van der Waals surface area contributed by atoms with E-state index in [-0.39, 0.29) is 0 Å². The van der Waals surface area contributed by atoms with Crippen LogP contribution in [0, 0.1) is 13.8 Å². The molecule has 0 aromatic carbocycles. The van der Waals surface area contributed by atoms with Crippen LogP contribution in [0.4, 0.5) is 5.82 Å². The molecule has 0 aliphatic rings. The summed E-state index contributed by atoms with van der Waals surface area (Å²) in [5, 5.41) is 10.3. The van der Waals surface area contributed by atoms with Gasteiger partial charge >= 0.3 is 0 Å². The number of H-pyrrole nitrogens is 1. The first-order chi connectivity index (χ1) is 8.69. The highest BCUT2D eigenvalue weighted by atomic mass is 16.5. The molecule has 0 fully saturated rings. The molecule has 2 heterocycles. The number of rotatable bonds is 5. The number of nitrogens with zero attached hydrogens (tertiary/aromatic N) is 3. The Morgan fingerprint density at radius 3 is 3.00 bits per heavy atom. The average Bonchev–Trinajstić information content (AvgIpc) is 2.79. The average molecular weight is 247 g/mol. The maximum atomic E-state index is 5.01. The number of nitrogens with one attached hydrogen (secondary N) is 2. The van der Waals surface area contributed by atoms with Crippen LogP contribution < -0.4 is 5.32 Å². The van der Waals surface area contributed by atoms with E-state index in [1.807, 2.05) is 19.9 Å². The largest absolute Gasteiger partial charge is 0.378 e. The monoisotopic (exact) mass is 247 g/mol. The highest BCUT2D eigenvalue weighted by molar-refractivity contribution is 5.39. The molecule has 0 spiro atoms. The Balaban J connectivity index is 1.99. The standard InChI is InChI=1S/C12H17N5O/c1-8-5-13-9(2)12(15-8)14-6-10-4-11(7-18-3)17-16-10/h4-5H,6-7H2,1-3H3,(H,14,15)(H,16,17). The Labute approximate surface area is 106 Å². The van der Waals surface area contributed by atoms with Crippen molar-refractivity contribution < 1.29 is 4.74 Å². The molecular weight excluding hydrogens is 230 g/mol. The Hall–Kier alpha value is -1.95. The number of ether oxygens (including phenoxy) is 1. The quantitative estimate of drug-likeness (QED) is 0.838. The van der Waals surface area contributed by atoms with Crippen molar-refractivity contribution in [3.05, 3.63) is 35.0 Å². The van der Waals surface area contributed by atoms with Crippen LogP contribution in [-0.4, -0.2) is 27.3 Å². The van der Waals surface area contributed by atoms with Crippen molar-refractivity contribution in [2.24, 2.45) is 0 Å². The van der Waals surface area contributed by atoms with E-state index in [1.54, 1.807) is 13.3 Å². The molecule has 0 aliphatic heterocycles. The SMILES string of the molecule is COCc1cc(CNc2nc(C)cnc2C)[nH]n1. The highest BCUT2D eigenvalue weighted by Gasteiger charge is 2.04. The van der Waals surface area contributed by atoms with Crippen molar-refractivity contribution in [1.29, 1.82) is 0 Å². The first kappa shape index (κ1) is 12.5. The summed E-state index contributed by atoms with van der Waals surface area (Å²) < 4.78 is 5.01. The zero-order valence-corrected chi connectivity index (χ0v) is 10.8. The predicted octanol–water partition coefficient (Wildman–Crippen LogP) is 1.58. The van der Waals surface area contributed by atoms with Crippen LogP contribution in [0.1, 0.15) is 22.8 Å². The van der Waals surface area contributed by atoms with E-state index in [4.69, 9.17) is 4.74 Å². The van der Waals surface area contributed by atoms with Crippen LogP contribution >= 0.6 is 0 Å². The van der Waals surface area contributed by atoms with Crippen LogP contribution in [0.3, 0.4) is 0 Å². The van der Waals surface area contributed by atoms with Gasteiger partial charge in [-0.05, 0) is 19.9 Å². The zero-order valence-electron chi connectivity index (χ0n) is 10.8. The molecule has 0 aliphatic carbocycles. The molecule has 0 atom stereocenters. The molecule has 2 aromatic rings. The van der Waals surface area contributed by atoms with E-state index in [2.05, 4.69) is 25.5 Å². The molecule has 6 heteroatoms. The van der Waals surface area contributed by atoms with E-state index in [0.29, 0.717) is 13.2 Å². The van der Waals surface area contributed by atoms with Gasteiger partial charge in [-0.25, -0.2) is 4.98 Å². The third kappa shape index (κ3) is 3.04. The topological polar surface area (TPSA) is 75.7 Å². The van der Waals surface area contributed by atoms with Crippen LogP contribution in [0.25, 0.3) is 0 Å². The van der Waals surface area contributed by atoms with Gasteiger partial charge in [-0.1, -0.05) is 0 Å². The van der Waals surface area contributed by atoms with Gasteiger partial charge < -0.3 is 10.1 Å². The summed E-state index contributed by atoms with van der Waals surface area (Å²) in [7, 11) is 1.65. The normalized spacial score (nSPS) is 10.6. The summed E-state index contributed by atoms with van der Waals surface area (Å²) in [6.45, 7) is 5.00. The number of methoxy groups -OCH3 is 1. The van der Waals surface area contributed by atoms with Crippen LogP contribution in [0.5, 0.6) is 0 Å². The van der Waals surface area contributed by atoms with Crippen molar-refractivity contribution in [1.82, 2.24) is 20.2 Å². The lowest BCUT2D eigenvalue weighted by molar-refractivity contribution is 0.181. The fourth-order valence-electron chi connectivity index (χ4n) is 1.61. The molecule has 0 saturated carbocycles. The van der Waals surface area contributed by atoms with Gasteiger partial charge in [0.05, 0.1) is 35.9 Å². The van der Waals surface area contributed by atoms with Crippen molar-refractivity contribution in [2.75, 3.05) is 12.4 Å². The smallest absolute Gasteiger partial charge is 0.148 e. The van der Waals surface area contributed by atoms with Gasteiger partial charge in [-0.3, -0.25) is 10.1 Å². The maximum Gasteiger partial charge on any atom is 0.148 e. The molecule has 96 valence electrons. The predicted molar refractivity (Wildman–Crippen MR) is 68.1 cm³/mol. The first-order valence-electron chi connectivity index (χ1n) is 5.75. The highest BCUT2D eigenvalue weighted by Crippen LogP contribution is 2.10. The molecule has 0 radical (unpaired) electrons. The summed E-state index contributed by atoms with van der Waals surface area (Å²) in [6.07, 6.45) is 1.76. The van der Waals surface area contributed by atoms with Crippen molar-refractivity contribution >= 4 is 5.82 Å². The minimum atomic E-state index is 0.514. The molecule has 0 saturated heterocycles. The maximum absolute atomic E-state index is 5.01. The van der Waals surface area contributed by atoms with Gasteiger partial charge in [0.1, 0.15) is 5.82 Å². The fourth-order valence-corrected chi connectivity index (χ4v) is 1.61. The second-order valence-corrected chi connectivity index (χ2v) is 4.12. The Kier molecular flexibility index (Phi) is 3.88. The Morgan fingerprint density at radius 2 is 2.22 bits per heavy atom. The summed E-state index contributed by atoms with van der Waals surface area (Å²) in [6, 6.07) is 1.97. The number of aromatic amines is 1. The van der Waals surface area contributed by atoms with Gasteiger partial charge in [0, 0.05) is 13.3 Å². The molecule has 2 aromatic heterocycles. The van der Waals surface area contributed by atoms with E-state index in [1.165, 1.54) is 0 Å². The van der Waals surface area contributed by atoms with Crippen molar-refractivity contribution in [3.8, 4) is 0 Å². The van der Waals surface area contributed by atoms with E-state index >= 15 is 0 Å². The van der Waals surface area contributed by atoms with Gasteiger partial charge in [0.25, 0.3) is 0 Å². The van der Waals surface area contributed by atoms with Crippen LogP contribution in [0.15, 0.2) is 12.3 Å². The lowest BCUT2D eigenvalue weighted by Gasteiger charge is -2.06. The van der Waals surface area contributed by atoms with E-state index in [0.717, 1.165) is 28.6 Å². The number of aryl methyl sites for hydroxylation is 2. The van der Waals surface area contributed by atoms with Crippen molar-refractivity contribution in [3.63, 3.8) is 0 Å². The zero-order chi connectivity index (χ0) is 13.0. The third-order valence-corrected chi connectivity index (χ3v) is 2.50. The summed E-state index contributed by atoms with van der Waals surface area (Å²) >= 11 is 0. The molecule has 2 rings (SSSR count). The van der Waals surface area contributed by atoms with Crippen LogP contribution in [0.2, 0.25) is 0 Å². The number of aromatic nitrogens is 4. The molecule has 0 bridgehead atoms. The molecular formula is C12H17N5O.